The first-order valence-electron chi connectivity index (χ1n) is 5.26. The summed E-state index contributed by atoms with van der Waals surface area (Å²) >= 11 is 5.93. The molecule has 0 amide bonds. The second kappa shape index (κ2) is 3.69. The van der Waals surface area contributed by atoms with Crippen LogP contribution in [0.3, 0.4) is 0 Å². The number of nitrogen functional groups attached to an aromatic ring is 1. The van der Waals surface area contributed by atoms with Crippen LogP contribution in [0, 0.1) is 5.41 Å². The Morgan fingerprint density at radius 3 is 2.67 bits per heavy atom. The number of halogens is 1. The van der Waals surface area contributed by atoms with E-state index in [1.807, 2.05) is 12.1 Å². The Balaban J connectivity index is 1.94. The molecule has 0 spiro atoms. The SMILES string of the molecule is CC1(C)CC1NCc1cc(N)cc(Cl)c1. The van der Waals surface area contributed by atoms with E-state index in [-0.39, 0.29) is 0 Å². The van der Waals surface area contributed by atoms with Crippen molar-refractivity contribution in [1.82, 2.24) is 5.32 Å². The van der Waals surface area contributed by atoms with Crippen molar-refractivity contribution in [2.24, 2.45) is 5.41 Å². The van der Waals surface area contributed by atoms with Gasteiger partial charge in [0.1, 0.15) is 0 Å². The number of rotatable bonds is 3. The van der Waals surface area contributed by atoms with Gasteiger partial charge in [0.2, 0.25) is 0 Å². The van der Waals surface area contributed by atoms with Crippen molar-refractivity contribution in [3.63, 3.8) is 0 Å². The van der Waals surface area contributed by atoms with Gasteiger partial charge in [0, 0.05) is 23.3 Å². The van der Waals surface area contributed by atoms with Crippen LogP contribution in [0.25, 0.3) is 0 Å². The van der Waals surface area contributed by atoms with E-state index >= 15 is 0 Å². The van der Waals surface area contributed by atoms with E-state index in [2.05, 4.69) is 19.2 Å². The average molecular weight is 225 g/mol. The third-order valence-corrected chi connectivity index (χ3v) is 3.26. The molecular weight excluding hydrogens is 208 g/mol. The summed E-state index contributed by atoms with van der Waals surface area (Å²) in [7, 11) is 0. The summed E-state index contributed by atoms with van der Waals surface area (Å²) in [6, 6.07) is 6.33. The lowest BCUT2D eigenvalue weighted by Gasteiger charge is -2.07. The highest BCUT2D eigenvalue weighted by Crippen LogP contribution is 2.44. The maximum Gasteiger partial charge on any atom is 0.0429 e. The number of nitrogens with two attached hydrogens (primary N) is 1. The predicted octanol–water partition coefficient (Wildman–Crippen LogP) is 2.81. The zero-order chi connectivity index (χ0) is 11.1. The lowest BCUT2D eigenvalue weighted by atomic mass is 10.1. The Labute approximate surface area is 95.8 Å². The van der Waals surface area contributed by atoms with Gasteiger partial charge in [0.15, 0.2) is 0 Å². The molecule has 1 unspecified atom stereocenters. The average Bonchev–Trinajstić information content (AvgIpc) is 2.69. The monoisotopic (exact) mass is 224 g/mol. The number of hydrogen-bond donors (Lipinski definition) is 2. The molecule has 0 saturated heterocycles. The van der Waals surface area contributed by atoms with E-state index < -0.39 is 0 Å². The van der Waals surface area contributed by atoms with Crippen LogP contribution in [0.15, 0.2) is 18.2 Å². The zero-order valence-electron chi connectivity index (χ0n) is 9.18. The molecule has 3 N–H and O–H groups in total. The van der Waals surface area contributed by atoms with Gasteiger partial charge in [-0.3, -0.25) is 0 Å². The van der Waals surface area contributed by atoms with Crippen LogP contribution < -0.4 is 11.1 Å². The highest BCUT2D eigenvalue weighted by atomic mass is 35.5. The Hall–Kier alpha value is -0.730. The molecule has 3 heteroatoms. The lowest BCUT2D eigenvalue weighted by molar-refractivity contribution is 0.542. The molecule has 1 atom stereocenters. The van der Waals surface area contributed by atoms with Gasteiger partial charge in [-0.05, 0) is 35.6 Å². The molecule has 0 heterocycles. The Morgan fingerprint density at radius 1 is 1.47 bits per heavy atom. The second-order valence-corrected chi connectivity index (χ2v) is 5.46. The number of hydrogen-bond acceptors (Lipinski definition) is 2. The number of benzene rings is 1. The van der Waals surface area contributed by atoms with E-state index in [1.54, 1.807) is 6.07 Å². The molecule has 1 saturated carbocycles. The topological polar surface area (TPSA) is 38.0 Å². The molecule has 1 fully saturated rings. The molecule has 2 rings (SSSR count). The van der Waals surface area contributed by atoms with Gasteiger partial charge in [-0.1, -0.05) is 25.4 Å². The van der Waals surface area contributed by atoms with E-state index in [9.17, 15) is 0 Å². The fourth-order valence-corrected chi connectivity index (χ4v) is 2.10. The van der Waals surface area contributed by atoms with Gasteiger partial charge >= 0.3 is 0 Å². The van der Waals surface area contributed by atoms with E-state index in [0.29, 0.717) is 16.5 Å². The van der Waals surface area contributed by atoms with Crippen molar-refractivity contribution in [2.45, 2.75) is 32.9 Å². The third-order valence-electron chi connectivity index (χ3n) is 3.05. The molecule has 0 aliphatic heterocycles. The number of anilines is 1. The second-order valence-electron chi connectivity index (χ2n) is 5.02. The Morgan fingerprint density at radius 2 is 2.13 bits per heavy atom. The summed E-state index contributed by atoms with van der Waals surface area (Å²) in [5.41, 5.74) is 8.07. The molecule has 0 aromatic heterocycles. The summed E-state index contributed by atoms with van der Waals surface area (Å²) < 4.78 is 0. The third kappa shape index (κ3) is 2.64. The van der Waals surface area contributed by atoms with Crippen molar-refractivity contribution in [2.75, 3.05) is 5.73 Å². The Kier molecular flexibility index (Phi) is 2.65. The molecule has 0 radical (unpaired) electrons. The first kappa shape index (κ1) is 10.8. The highest BCUT2D eigenvalue weighted by Gasteiger charge is 2.44. The van der Waals surface area contributed by atoms with Crippen molar-refractivity contribution >= 4 is 17.3 Å². The van der Waals surface area contributed by atoms with E-state index in [1.165, 1.54) is 6.42 Å². The molecule has 1 aliphatic carbocycles. The minimum absolute atomic E-state index is 0.462. The molecule has 0 bridgehead atoms. The van der Waals surface area contributed by atoms with Crippen LogP contribution in [0.1, 0.15) is 25.8 Å². The van der Waals surface area contributed by atoms with Crippen LogP contribution in [0.2, 0.25) is 5.02 Å². The maximum atomic E-state index is 5.93. The fourth-order valence-electron chi connectivity index (χ4n) is 1.83. The van der Waals surface area contributed by atoms with Crippen LogP contribution >= 0.6 is 11.6 Å². The minimum atomic E-state index is 0.462. The quantitative estimate of drug-likeness (QED) is 0.775. The number of nitrogens with one attached hydrogen (secondary N) is 1. The highest BCUT2D eigenvalue weighted by molar-refractivity contribution is 6.30. The molecular formula is C12H17ClN2. The molecule has 82 valence electrons. The first-order valence-corrected chi connectivity index (χ1v) is 5.63. The summed E-state index contributed by atoms with van der Waals surface area (Å²) in [4.78, 5) is 0. The van der Waals surface area contributed by atoms with Gasteiger partial charge in [-0.25, -0.2) is 0 Å². The van der Waals surface area contributed by atoms with Gasteiger partial charge in [-0.15, -0.1) is 0 Å². The molecule has 1 aromatic rings. The summed E-state index contributed by atoms with van der Waals surface area (Å²) in [5, 5.41) is 4.21. The van der Waals surface area contributed by atoms with Crippen molar-refractivity contribution in [3.05, 3.63) is 28.8 Å². The zero-order valence-corrected chi connectivity index (χ0v) is 9.93. The van der Waals surface area contributed by atoms with Crippen molar-refractivity contribution in [1.29, 1.82) is 0 Å². The molecule has 1 aliphatic rings. The van der Waals surface area contributed by atoms with Gasteiger partial charge in [0.25, 0.3) is 0 Å². The van der Waals surface area contributed by atoms with E-state index in [0.717, 1.165) is 17.8 Å². The smallest absolute Gasteiger partial charge is 0.0429 e. The van der Waals surface area contributed by atoms with E-state index in [4.69, 9.17) is 17.3 Å². The summed E-state index contributed by atoms with van der Waals surface area (Å²) in [6.45, 7) is 5.40. The van der Waals surface area contributed by atoms with Gasteiger partial charge in [-0.2, -0.15) is 0 Å². The van der Waals surface area contributed by atoms with Crippen LogP contribution in [-0.4, -0.2) is 6.04 Å². The van der Waals surface area contributed by atoms with Crippen LogP contribution in [-0.2, 0) is 6.54 Å². The predicted molar refractivity (Wildman–Crippen MR) is 64.9 cm³/mol. The standard InChI is InChI=1S/C12H17ClN2/c1-12(2)6-11(12)15-7-8-3-9(13)5-10(14)4-8/h3-5,11,15H,6-7,14H2,1-2H3. The molecule has 2 nitrogen and oxygen atoms in total. The molecule has 1 aromatic carbocycles. The lowest BCUT2D eigenvalue weighted by Crippen LogP contribution is -2.19. The van der Waals surface area contributed by atoms with Gasteiger partial charge < -0.3 is 11.1 Å². The minimum Gasteiger partial charge on any atom is -0.399 e. The van der Waals surface area contributed by atoms with Gasteiger partial charge in [0.05, 0.1) is 0 Å². The molecule has 15 heavy (non-hydrogen) atoms. The van der Waals surface area contributed by atoms with Crippen molar-refractivity contribution in [3.8, 4) is 0 Å². The Bertz CT molecular complexity index is 354. The largest absolute Gasteiger partial charge is 0.399 e. The summed E-state index contributed by atoms with van der Waals surface area (Å²) in [5.74, 6) is 0. The van der Waals surface area contributed by atoms with Crippen LogP contribution in [0.4, 0.5) is 5.69 Å². The summed E-state index contributed by atoms with van der Waals surface area (Å²) in [6.07, 6.45) is 1.25. The fraction of sp³-hybridized carbons (Fsp3) is 0.500. The normalized spacial score (nSPS) is 22.7. The maximum absolute atomic E-state index is 5.93. The van der Waals surface area contributed by atoms with Crippen molar-refractivity contribution < 1.29 is 0 Å². The van der Waals surface area contributed by atoms with Crippen LogP contribution in [0.5, 0.6) is 0 Å². The first-order chi connectivity index (χ1) is 6.97.